The number of hydrogen-bond acceptors (Lipinski definition) is 7. The average Bonchev–Trinajstić information content (AvgIpc) is 2.71. The maximum atomic E-state index is 13.3. The van der Waals surface area contributed by atoms with Crippen molar-refractivity contribution in [2.45, 2.75) is 32.6 Å². The fraction of sp³-hybridized carbons (Fsp3) is 0.478. The number of ketones is 1. The van der Waals surface area contributed by atoms with Crippen molar-refractivity contribution in [3.63, 3.8) is 0 Å². The second-order valence-electron chi connectivity index (χ2n) is 8.40. The topological polar surface area (TPSA) is 97.8 Å². The molecule has 1 heterocycles. The molecule has 2 N–H and O–H groups in total. The Balaban J connectivity index is 2.23. The predicted octanol–water partition coefficient (Wildman–Crippen LogP) is 3.09. The summed E-state index contributed by atoms with van der Waals surface area (Å²) in [6.07, 6.45) is 1.12. The van der Waals surface area contributed by atoms with Crippen molar-refractivity contribution in [2.75, 3.05) is 34.5 Å². The highest BCUT2D eigenvalue weighted by Crippen LogP contribution is 2.49. The molecule has 0 saturated heterocycles. The van der Waals surface area contributed by atoms with E-state index in [-0.39, 0.29) is 11.2 Å². The van der Waals surface area contributed by atoms with Gasteiger partial charge in [-0.05, 0) is 29.5 Å². The first kappa shape index (κ1) is 21.7. The smallest absolute Gasteiger partial charge is 0.162 e. The number of carbonyl (C=O) groups is 1. The van der Waals surface area contributed by atoms with Crippen LogP contribution in [0.15, 0.2) is 40.9 Å². The van der Waals surface area contributed by atoms with Crippen LogP contribution in [0.5, 0.6) is 11.5 Å². The summed E-state index contributed by atoms with van der Waals surface area (Å²) in [5.74, 6) is 1.01. The average molecular weight is 412 g/mol. The number of nitrogens with two attached hydrogens (primary N) is 1. The van der Waals surface area contributed by atoms with Gasteiger partial charge in [-0.2, -0.15) is 5.26 Å². The summed E-state index contributed by atoms with van der Waals surface area (Å²) < 4.78 is 16.0. The van der Waals surface area contributed by atoms with Crippen LogP contribution in [0.1, 0.15) is 38.2 Å². The molecule has 30 heavy (non-hydrogen) atoms. The van der Waals surface area contributed by atoms with Crippen LogP contribution in [0.25, 0.3) is 0 Å². The summed E-state index contributed by atoms with van der Waals surface area (Å²) in [5.41, 5.74) is 8.97. The minimum atomic E-state index is -0.535. The first-order chi connectivity index (χ1) is 14.3. The molecule has 1 aromatic rings. The van der Waals surface area contributed by atoms with Gasteiger partial charge in [-0.3, -0.25) is 4.79 Å². The minimum absolute atomic E-state index is 0.0451. The molecule has 7 nitrogen and oxygen atoms in total. The van der Waals surface area contributed by atoms with Crippen molar-refractivity contribution in [1.82, 2.24) is 4.90 Å². The zero-order valence-corrected chi connectivity index (χ0v) is 18.2. The third kappa shape index (κ3) is 3.75. The number of methoxy groups -OCH3 is 3. The number of ether oxygens (including phenoxy) is 3. The molecule has 1 aliphatic heterocycles. The second kappa shape index (κ2) is 8.41. The Labute approximate surface area is 177 Å². The highest BCUT2D eigenvalue weighted by molar-refractivity contribution is 6.00. The van der Waals surface area contributed by atoms with Crippen LogP contribution in [0.2, 0.25) is 0 Å². The standard InChI is InChI=1S/C23H29N3O4/c1-23(2)11-16-21(17(27)12-23)20(14-6-7-18(29-4)19(10-14)30-5)15(13-24)22(25)26(16)8-9-28-3/h6-7,10,20H,8-9,11-12,25H2,1-5H3/t20-/m1/s1. The molecule has 3 rings (SSSR count). The van der Waals surface area contributed by atoms with Gasteiger partial charge in [0.2, 0.25) is 0 Å². The van der Waals surface area contributed by atoms with Crippen LogP contribution in [0, 0.1) is 16.7 Å². The number of rotatable bonds is 6. The van der Waals surface area contributed by atoms with Gasteiger partial charge >= 0.3 is 0 Å². The van der Waals surface area contributed by atoms with E-state index in [2.05, 4.69) is 19.9 Å². The number of allylic oxidation sites excluding steroid dienone is 3. The normalized spacial score (nSPS) is 20.7. The summed E-state index contributed by atoms with van der Waals surface area (Å²) in [4.78, 5) is 15.2. The lowest BCUT2D eigenvalue weighted by Crippen LogP contribution is -2.43. The number of carbonyl (C=O) groups excluding carboxylic acids is 1. The van der Waals surface area contributed by atoms with E-state index in [1.54, 1.807) is 27.4 Å². The van der Waals surface area contributed by atoms with E-state index in [1.807, 2.05) is 17.0 Å². The lowest BCUT2D eigenvalue weighted by atomic mass is 9.68. The van der Waals surface area contributed by atoms with E-state index in [9.17, 15) is 10.1 Å². The Kier molecular flexibility index (Phi) is 6.09. The summed E-state index contributed by atoms with van der Waals surface area (Å²) in [5, 5.41) is 10.0. The van der Waals surface area contributed by atoms with E-state index in [1.165, 1.54) is 0 Å². The Morgan fingerprint density at radius 1 is 1.20 bits per heavy atom. The molecule has 0 saturated carbocycles. The van der Waals surface area contributed by atoms with Crippen molar-refractivity contribution in [2.24, 2.45) is 11.1 Å². The molecule has 160 valence electrons. The van der Waals surface area contributed by atoms with Gasteiger partial charge in [0, 0.05) is 31.3 Å². The summed E-state index contributed by atoms with van der Waals surface area (Å²) in [7, 11) is 4.74. The number of Topliss-reactive ketones (excluding diaryl/α,β-unsaturated/α-hetero) is 1. The Morgan fingerprint density at radius 2 is 1.90 bits per heavy atom. The van der Waals surface area contributed by atoms with Gasteiger partial charge in [-0.25, -0.2) is 0 Å². The molecule has 1 aliphatic carbocycles. The molecule has 7 heteroatoms. The van der Waals surface area contributed by atoms with Crippen LogP contribution in [0.4, 0.5) is 0 Å². The fourth-order valence-electron chi connectivity index (χ4n) is 4.38. The summed E-state index contributed by atoms with van der Waals surface area (Å²) in [6.45, 7) is 5.07. The van der Waals surface area contributed by atoms with Gasteiger partial charge in [0.25, 0.3) is 0 Å². The zero-order valence-electron chi connectivity index (χ0n) is 18.2. The van der Waals surface area contributed by atoms with Crippen LogP contribution in [-0.2, 0) is 9.53 Å². The molecule has 0 unspecified atom stereocenters. The Bertz CT molecular complexity index is 956. The highest BCUT2D eigenvalue weighted by atomic mass is 16.5. The van der Waals surface area contributed by atoms with Crippen molar-refractivity contribution in [3.8, 4) is 17.6 Å². The molecular weight excluding hydrogens is 382 g/mol. The van der Waals surface area contributed by atoms with E-state index in [0.717, 1.165) is 11.3 Å². The van der Waals surface area contributed by atoms with Crippen LogP contribution < -0.4 is 15.2 Å². The van der Waals surface area contributed by atoms with Gasteiger partial charge in [-0.15, -0.1) is 0 Å². The molecule has 1 aromatic carbocycles. The third-order valence-corrected chi connectivity index (χ3v) is 5.75. The maximum Gasteiger partial charge on any atom is 0.162 e. The van der Waals surface area contributed by atoms with E-state index in [0.29, 0.717) is 54.5 Å². The number of nitriles is 1. The summed E-state index contributed by atoms with van der Waals surface area (Å²) >= 11 is 0. The lowest BCUT2D eigenvalue weighted by molar-refractivity contribution is -0.118. The number of hydrogen-bond donors (Lipinski definition) is 1. The first-order valence-electron chi connectivity index (χ1n) is 9.92. The van der Waals surface area contributed by atoms with E-state index >= 15 is 0 Å². The van der Waals surface area contributed by atoms with Crippen molar-refractivity contribution >= 4 is 5.78 Å². The number of nitrogens with zero attached hydrogens (tertiary/aromatic N) is 2. The van der Waals surface area contributed by atoms with Gasteiger partial charge in [-0.1, -0.05) is 19.9 Å². The summed E-state index contributed by atoms with van der Waals surface area (Å²) in [6, 6.07) is 7.72. The first-order valence-corrected chi connectivity index (χ1v) is 9.92. The Morgan fingerprint density at radius 3 is 2.50 bits per heavy atom. The van der Waals surface area contributed by atoms with Crippen LogP contribution in [0.3, 0.4) is 0 Å². The fourth-order valence-corrected chi connectivity index (χ4v) is 4.38. The monoisotopic (exact) mass is 411 g/mol. The molecule has 0 radical (unpaired) electrons. The predicted molar refractivity (Wildman–Crippen MR) is 113 cm³/mol. The third-order valence-electron chi connectivity index (χ3n) is 5.75. The van der Waals surface area contributed by atoms with Gasteiger partial charge in [0.1, 0.15) is 5.82 Å². The maximum absolute atomic E-state index is 13.3. The molecule has 0 amide bonds. The zero-order chi connectivity index (χ0) is 22.1. The molecular formula is C23H29N3O4. The largest absolute Gasteiger partial charge is 0.493 e. The second-order valence-corrected chi connectivity index (χ2v) is 8.40. The Hall–Kier alpha value is -2.98. The SMILES string of the molecule is COCCN1C(N)=C(C#N)[C@@H](c2ccc(OC)c(OC)c2)C2=C1CC(C)(C)CC2=O. The molecule has 2 aliphatic rings. The van der Waals surface area contributed by atoms with Gasteiger partial charge < -0.3 is 24.8 Å². The van der Waals surface area contributed by atoms with Gasteiger partial charge in [0.05, 0.1) is 38.4 Å². The van der Waals surface area contributed by atoms with E-state index < -0.39 is 5.92 Å². The van der Waals surface area contributed by atoms with Crippen molar-refractivity contribution in [1.29, 1.82) is 5.26 Å². The number of benzene rings is 1. The van der Waals surface area contributed by atoms with Crippen molar-refractivity contribution in [3.05, 3.63) is 46.4 Å². The van der Waals surface area contributed by atoms with Crippen LogP contribution in [-0.4, -0.2) is 45.2 Å². The molecule has 0 fully saturated rings. The molecule has 0 aromatic heterocycles. The molecule has 0 spiro atoms. The van der Waals surface area contributed by atoms with Gasteiger partial charge in [0.15, 0.2) is 17.3 Å². The molecule has 1 atom stereocenters. The van der Waals surface area contributed by atoms with E-state index in [4.69, 9.17) is 19.9 Å². The highest BCUT2D eigenvalue weighted by Gasteiger charge is 2.44. The van der Waals surface area contributed by atoms with Crippen molar-refractivity contribution < 1.29 is 19.0 Å². The quantitative estimate of drug-likeness (QED) is 0.768. The van der Waals surface area contributed by atoms with Crippen LogP contribution >= 0.6 is 0 Å². The minimum Gasteiger partial charge on any atom is -0.493 e. The molecule has 0 bridgehead atoms. The lowest BCUT2D eigenvalue weighted by Gasteiger charge is -2.43.